The molecule has 1 atom stereocenters. The molecule has 1 aliphatic carbocycles. The number of carbonyl (C=O) groups is 2. The van der Waals surface area contributed by atoms with Gasteiger partial charge >= 0.3 is 0 Å². The molecule has 2 aliphatic heterocycles. The van der Waals surface area contributed by atoms with Crippen LogP contribution in [0.2, 0.25) is 0 Å². The van der Waals surface area contributed by atoms with Crippen LogP contribution in [0.15, 0.2) is 58.3 Å². The molecular formula is C27H34N4O4. The molecule has 2 aromatic rings. The molecule has 3 heterocycles. The number of carbonyl (C=O) groups excluding carboxylic acids is 2. The number of fused-ring (bicyclic) bond motifs is 1. The van der Waals surface area contributed by atoms with Crippen molar-refractivity contribution in [3.05, 3.63) is 59.7 Å². The molecule has 3 aliphatic rings. The quantitative estimate of drug-likeness (QED) is 0.658. The fourth-order valence-electron chi connectivity index (χ4n) is 5.36. The van der Waals surface area contributed by atoms with Crippen molar-refractivity contribution in [3.63, 3.8) is 0 Å². The average molecular weight is 479 g/mol. The van der Waals surface area contributed by atoms with Crippen molar-refractivity contribution in [2.75, 3.05) is 56.2 Å². The van der Waals surface area contributed by atoms with E-state index in [-0.39, 0.29) is 23.7 Å². The van der Waals surface area contributed by atoms with Crippen molar-refractivity contribution in [3.8, 4) is 0 Å². The maximum Gasteiger partial charge on any atom is 0.239 e. The number of amides is 1. The molecule has 186 valence electrons. The van der Waals surface area contributed by atoms with Gasteiger partial charge in [0.25, 0.3) is 0 Å². The zero-order valence-electron chi connectivity index (χ0n) is 20.5. The first kappa shape index (κ1) is 23.6. The summed E-state index contributed by atoms with van der Waals surface area (Å²) in [5.74, 6) is 0.665. The van der Waals surface area contributed by atoms with Crippen molar-refractivity contribution in [1.82, 2.24) is 10.2 Å². The van der Waals surface area contributed by atoms with Gasteiger partial charge in [-0.2, -0.15) is 0 Å². The van der Waals surface area contributed by atoms with Crippen molar-refractivity contribution >= 4 is 23.1 Å². The van der Waals surface area contributed by atoms with Gasteiger partial charge in [0.15, 0.2) is 5.78 Å². The summed E-state index contributed by atoms with van der Waals surface area (Å²) >= 11 is 0. The van der Waals surface area contributed by atoms with E-state index in [1.165, 1.54) is 0 Å². The fraction of sp³-hybridized carbons (Fsp3) is 0.481. The summed E-state index contributed by atoms with van der Waals surface area (Å²) in [6.07, 6.45) is 2.83. The summed E-state index contributed by atoms with van der Waals surface area (Å²) < 4.78 is 11.3. The van der Waals surface area contributed by atoms with Gasteiger partial charge in [0.05, 0.1) is 37.4 Å². The van der Waals surface area contributed by atoms with Crippen LogP contribution in [0.5, 0.6) is 0 Å². The van der Waals surface area contributed by atoms with Gasteiger partial charge in [0.2, 0.25) is 5.91 Å². The second-order valence-electron chi connectivity index (χ2n) is 10.3. The molecule has 1 unspecified atom stereocenters. The molecule has 0 radical (unpaired) electrons. The summed E-state index contributed by atoms with van der Waals surface area (Å²) in [6.45, 7) is 8.95. The maximum atomic E-state index is 13.5. The van der Waals surface area contributed by atoms with Crippen LogP contribution in [-0.2, 0) is 14.3 Å². The highest BCUT2D eigenvalue weighted by Gasteiger charge is 2.42. The molecule has 0 spiro atoms. The number of morpholine rings is 1. The van der Waals surface area contributed by atoms with Gasteiger partial charge in [-0.1, -0.05) is 26.0 Å². The van der Waals surface area contributed by atoms with Gasteiger partial charge in [-0.3, -0.25) is 14.5 Å². The van der Waals surface area contributed by atoms with Crippen LogP contribution in [0.3, 0.4) is 0 Å². The minimum atomic E-state index is -0.482. The number of hydrogen-bond acceptors (Lipinski definition) is 7. The third-order valence-corrected chi connectivity index (χ3v) is 6.98. The lowest BCUT2D eigenvalue weighted by Crippen LogP contribution is -2.45. The Hall–Kier alpha value is -3.10. The van der Waals surface area contributed by atoms with Crippen LogP contribution >= 0.6 is 0 Å². The summed E-state index contributed by atoms with van der Waals surface area (Å²) in [6, 6.07) is 11.2. The van der Waals surface area contributed by atoms with Gasteiger partial charge in [0, 0.05) is 43.9 Å². The Balaban J connectivity index is 1.45. The lowest BCUT2D eigenvalue weighted by Gasteiger charge is -2.36. The molecule has 1 aromatic heterocycles. The van der Waals surface area contributed by atoms with Gasteiger partial charge < -0.3 is 24.7 Å². The van der Waals surface area contributed by atoms with Gasteiger partial charge in [-0.15, -0.1) is 0 Å². The van der Waals surface area contributed by atoms with E-state index in [0.717, 1.165) is 56.3 Å². The Morgan fingerprint density at radius 2 is 1.94 bits per heavy atom. The predicted molar refractivity (Wildman–Crippen MR) is 134 cm³/mol. The molecule has 1 fully saturated rings. The minimum Gasteiger partial charge on any atom is -0.467 e. The van der Waals surface area contributed by atoms with E-state index in [2.05, 4.69) is 29.4 Å². The molecule has 0 bridgehead atoms. The zero-order valence-corrected chi connectivity index (χ0v) is 20.5. The van der Waals surface area contributed by atoms with Crippen LogP contribution in [0.25, 0.3) is 0 Å². The van der Waals surface area contributed by atoms with E-state index >= 15 is 0 Å². The number of ether oxygens (including phenoxy) is 1. The number of rotatable bonds is 6. The Labute approximate surface area is 206 Å². The normalized spacial score (nSPS) is 22.2. The van der Waals surface area contributed by atoms with E-state index in [9.17, 15) is 9.59 Å². The SMILES string of the molecule is CC1(C)CC(=O)C2=C(C1)Nc1ccccc1N(CC(=O)NCCN1CCOCC1)C2c1ccco1. The van der Waals surface area contributed by atoms with Crippen molar-refractivity contribution in [1.29, 1.82) is 0 Å². The van der Waals surface area contributed by atoms with Gasteiger partial charge in [-0.05, 0) is 36.1 Å². The molecule has 1 aromatic carbocycles. The highest BCUT2D eigenvalue weighted by molar-refractivity contribution is 6.01. The minimum absolute atomic E-state index is 0.0859. The molecule has 5 rings (SSSR count). The van der Waals surface area contributed by atoms with Crippen molar-refractivity contribution in [2.45, 2.75) is 32.7 Å². The third kappa shape index (κ3) is 5.13. The third-order valence-electron chi connectivity index (χ3n) is 6.98. The Morgan fingerprint density at radius 3 is 2.71 bits per heavy atom. The topological polar surface area (TPSA) is 87.1 Å². The number of para-hydroxylation sites is 2. The van der Waals surface area contributed by atoms with Gasteiger partial charge in [-0.25, -0.2) is 0 Å². The summed E-state index contributed by atoms with van der Waals surface area (Å²) in [5, 5.41) is 6.63. The lowest BCUT2D eigenvalue weighted by atomic mass is 9.74. The number of ketones is 1. The second-order valence-corrected chi connectivity index (χ2v) is 10.3. The molecule has 1 amide bonds. The predicted octanol–water partition coefficient (Wildman–Crippen LogP) is 3.34. The summed E-state index contributed by atoms with van der Waals surface area (Å²) in [5.41, 5.74) is 3.22. The van der Waals surface area contributed by atoms with Crippen LogP contribution in [-0.4, -0.2) is 62.5 Å². The maximum absolute atomic E-state index is 13.5. The Bertz CT molecular complexity index is 1100. The average Bonchev–Trinajstić information content (AvgIpc) is 3.31. The number of Topliss-reactive ketones (excluding diaryl/α,β-unsaturated/α-hetero) is 1. The van der Waals surface area contributed by atoms with Crippen molar-refractivity contribution in [2.24, 2.45) is 5.41 Å². The monoisotopic (exact) mass is 478 g/mol. The second kappa shape index (κ2) is 9.87. The molecule has 1 saturated heterocycles. The van der Waals surface area contributed by atoms with E-state index in [4.69, 9.17) is 9.15 Å². The number of anilines is 2. The molecule has 8 heteroatoms. The molecule has 0 saturated carbocycles. The number of nitrogens with one attached hydrogen (secondary N) is 2. The molecular weight excluding hydrogens is 444 g/mol. The largest absolute Gasteiger partial charge is 0.467 e. The lowest BCUT2D eigenvalue weighted by molar-refractivity contribution is -0.120. The highest BCUT2D eigenvalue weighted by Crippen LogP contribution is 2.48. The Morgan fingerprint density at radius 1 is 1.14 bits per heavy atom. The Kier molecular flexibility index (Phi) is 6.67. The number of nitrogens with zero attached hydrogens (tertiary/aromatic N) is 2. The number of benzene rings is 1. The first-order chi connectivity index (χ1) is 16.9. The number of allylic oxidation sites excluding steroid dienone is 1. The zero-order chi connectivity index (χ0) is 24.4. The fourth-order valence-corrected chi connectivity index (χ4v) is 5.36. The highest BCUT2D eigenvalue weighted by atomic mass is 16.5. The van der Waals surface area contributed by atoms with E-state index in [1.807, 2.05) is 41.3 Å². The van der Waals surface area contributed by atoms with Crippen LogP contribution in [0.1, 0.15) is 38.5 Å². The van der Waals surface area contributed by atoms with E-state index in [1.54, 1.807) is 6.26 Å². The standard InChI is InChI=1S/C27H34N4O4/c1-27(2)16-20-25(22(32)17-27)26(23-8-5-13-35-23)31(21-7-4-3-6-19(21)29-20)18-24(33)28-9-10-30-11-14-34-15-12-30/h3-8,13,26,29H,9-12,14-18H2,1-2H3,(H,28,33). The summed E-state index contributed by atoms with van der Waals surface area (Å²) in [7, 11) is 0. The van der Waals surface area contributed by atoms with E-state index < -0.39 is 6.04 Å². The first-order valence-electron chi connectivity index (χ1n) is 12.4. The number of furan rings is 1. The van der Waals surface area contributed by atoms with Crippen LogP contribution in [0, 0.1) is 5.41 Å². The van der Waals surface area contributed by atoms with E-state index in [0.29, 0.717) is 24.3 Å². The number of hydrogen-bond donors (Lipinski definition) is 2. The van der Waals surface area contributed by atoms with Crippen LogP contribution < -0.4 is 15.5 Å². The first-order valence-corrected chi connectivity index (χ1v) is 12.4. The van der Waals surface area contributed by atoms with Crippen molar-refractivity contribution < 1.29 is 18.7 Å². The molecule has 2 N–H and O–H groups in total. The molecule has 35 heavy (non-hydrogen) atoms. The smallest absolute Gasteiger partial charge is 0.239 e. The summed E-state index contributed by atoms with van der Waals surface area (Å²) in [4.78, 5) is 31.0. The molecule has 8 nitrogen and oxygen atoms in total. The van der Waals surface area contributed by atoms with Crippen LogP contribution in [0.4, 0.5) is 11.4 Å². The van der Waals surface area contributed by atoms with Gasteiger partial charge in [0.1, 0.15) is 11.8 Å².